The molecule has 1 heterocycles. The first-order valence-electron chi connectivity index (χ1n) is 5.38. The summed E-state index contributed by atoms with van der Waals surface area (Å²) in [5.74, 6) is -0.746. The number of hydrogen-bond donors (Lipinski definition) is 2. The first-order valence-corrected chi connectivity index (χ1v) is 6.36. The van der Waals surface area contributed by atoms with Crippen LogP contribution in [0.1, 0.15) is 0 Å². The van der Waals surface area contributed by atoms with Gasteiger partial charge >= 0.3 is 0 Å². The van der Waals surface area contributed by atoms with Crippen molar-refractivity contribution in [2.24, 2.45) is 7.05 Å². The number of carbonyl (C=O) groups is 1. The van der Waals surface area contributed by atoms with Crippen molar-refractivity contribution >= 4 is 29.0 Å². The second kappa shape index (κ2) is 5.70. The third-order valence-corrected chi connectivity index (χ3v) is 3.30. The zero-order valence-corrected chi connectivity index (χ0v) is 10.9. The zero-order chi connectivity index (χ0) is 13.8. The lowest BCUT2D eigenvalue weighted by atomic mass is 10.2. The molecule has 0 aliphatic rings. The van der Waals surface area contributed by atoms with E-state index in [1.165, 1.54) is 36.3 Å². The van der Waals surface area contributed by atoms with Gasteiger partial charge in [0, 0.05) is 12.7 Å². The molecule has 0 radical (unpaired) electrons. The number of aryl methyl sites for hydroxylation is 1. The Morgan fingerprint density at radius 3 is 3.05 bits per heavy atom. The van der Waals surface area contributed by atoms with E-state index in [1.54, 1.807) is 11.7 Å². The molecule has 0 saturated carbocycles. The molecule has 0 saturated heterocycles. The van der Waals surface area contributed by atoms with Gasteiger partial charge in [-0.1, -0.05) is 11.8 Å². The Bertz CT molecular complexity index is 601. The van der Waals surface area contributed by atoms with Crippen LogP contribution >= 0.6 is 11.8 Å². The highest BCUT2D eigenvalue weighted by atomic mass is 32.2. The van der Waals surface area contributed by atoms with Crippen LogP contribution in [0.2, 0.25) is 0 Å². The molecule has 100 valence electrons. The molecule has 0 spiro atoms. The van der Waals surface area contributed by atoms with Crippen LogP contribution in [-0.2, 0) is 11.8 Å². The molecule has 1 aromatic carbocycles. The number of thioether (sulfide) groups is 1. The van der Waals surface area contributed by atoms with Gasteiger partial charge in [0.25, 0.3) is 0 Å². The van der Waals surface area contributed by atoms with Crippen molar-refractivity contribution < 1.29 is 9.18 Å². The zero-order valence-electron chi connectivity index (χ0n) is 10.1. The lowest BCUT2D eigenvalue weighted by Crippen LogP contribution is -2.15. The van der Waals surface area contributed by atoms with Crippen LogP contribution < -0.4 is 11.1 Å². The van der Waals surface area contributed by atoms with Crippen LogP contribution in [-0.4, -0.2) is 26.4 Å². The Kier molecular flexibility index (Phi) is 4.00. The lowest BCUT2D eigenvalue weighted by molar-refractivity contribution is -0.113. The second-order valence-electron chi connectivity index (χ2n) is 3.74. The van der Waals surface area contributed by atoms with E-state index in [9.17, 15) is 9.18 Å². The van der Waals surface area contributed by atoms with Crippen molar-refractivity contribution in [1.82, 2.24) is 14.8 Å². The molecule has 1 aromatic heterocycles. The quantitative estimate of drug-likeness (QED) is 0.651. The average Bonchev–Trinajstić information content (AvgIpc) is 2.77. The molecule has 2 rings (SSSR count). The summed E-state index contributed by atoms with van der Waals surface area (Å²) in [6.07, 6.45) is 1.40. The molecule has 0 atom stereocenters. The van der Waals surface area contributed by atoms with Gasteiger partial charge in [-0.05, 0) is 18.2 Å². The number of benzene rings is 1. The summed E-state index contributed by atoms with van der Waals surface area (Å²) in [5.41, 5.74) is 5.99. The molecule has 8 heteroatoms. The number of nitrogens with two attached hydrogens (primary N) is 1. The second-order valence-corrected chi connectivity index (χ2v) is 4.68. The largest absolute Gasteiger partial charge is 0.399 e. The van der Waals surface area contributed by atoms with Crippen LogP contribution in [0.15, 0.2) is 29.7 Å². The number of aromatic nitrogens is 3. The molecular weight excluding hydrogens is 269 g/mol. The van der Waals surface area contributed by atoms with Gasteiger partial charge in [-0.3, -0.25) is 4.79 Å². The highest BCUT2D eigenvalue weighted by molar-refractivity contribution is 7.99. The Morgan fingerprint density at radius 1 is 1.58 bits per heavy atom. The Labute approximate surface area is 113 Å². The fourth-order valence-corrected chi connectivity index (χ4v) is 2.06. The van der Waals surface area contributed by atoms with Crippen LogP contribution in [0.25, 0.3) is 0 Å². The van der Waals surface area contributed by atoms with Gasteiger partial charge in [0.15, 0.2) is 5.16 Å². The summed E-state index contributed by atoms with van der Waals surface area (Å²) >= 11 is 1.21. The number of rotatable bonds is 4. The minimum absolute atomic E-state index is 0.0727. The minimum Gasteiger partial charge on any atom is -0.399 e. The highest BCUT2D eigenvalue weighted by Gasteiger charge is 2.09. The molecule has 0 bridgehead atoms. The molecule has 0 aliphatic carbocycles. The molecule has 2 aromatic rings. The van der Waals surface area contributed by atoms with E-state index in [-0.39, 0.29) is 17.3 Å². The third kappa shape index (κ3) is 3.44. The summed E-state index contributed by atoms with van der Waals surface area (Å²) in [6.45, 7) is 0. The SMILES string of the molecule is Cn1ncnc1SCC(=O)Nc1cc(N)ccc1F. The third-order valence-electron chi connectivity index (χ3n) is 2.27. The van der Waals surface area contributed by atoms with Gasteiger partial charge in [-0.15, -0.1) is 0 Å². The summed E-state index contributed by atoms with van der Waals surface area (Å²) in [5, 5.41) is 6.96. The highest BCUT2D eigenvalue weighted by Crippen LogP contribution is 2.18. The first-order chi connectivity index (χ1) is 9.06. The summed E-state index contributed by atoms with van der Waals surface area (Å²) in [4.78, 5) is 15.7. The van der Waals surface area contributed by atoms with Crippen LogP contribution in [0.5, 0.6) is 0 Å². The summed E-state index contributed by atoms with van der Waals surface area (Å²) < 4.78 is 15.0. The van der Waals surface area contributed by atoms with E-state index in [0.29, 0.717) is 10.8 Å². The number of nitrogen functional groups attached to an aromatic ring is 1. The van der Waals surface area contributed by atoms with E-state index in [4.69, 9.17) is 5.73 Å². The van der Waals surface area contributed by atoms with Gasteiger partial charge < -0.3 is 11.1 Å². The van der Waals surface area contributed by atoms with Gasteiger partial charge in [-0.25, -0.2) is 14.1 Å². The number of nitrogens with zero attached hydrogens (tertiary/aromatic N) is 3. The maximum Gasteiger partial charge on any atom is 0.234 e. The van der Waals surface area contributed by atoms with E-state index >= 15 is 0 Å². The number of halogens is 1. The maximum atomic E-state index is 13.4. The maximum absolute atomic E-state index is 13.4. The Hall–Kier alpha value is -2.09. The predicted octanol–water partition coefficient (Wildman–Crippen LogP) is 1.27. The predicted molar refractivity (Wildman–Crippen MR) is 71.2 cm³/mol. The number of carbonyl (C=O) groups excluding carboxylic acids is 1. The molecule has 6 nitrogen and oxygen atoms in total. The molecule has 19 heavy (non-hydrogen) atoms. The smallest absolute Gasteiger partial charge is 0.234 e. The van der Waals surface area contributed by atoms with Gasteiger partial charge in [0.2, 0.25) is 5.91 Å². The summed E-state index contributed by atoms with van der Waals surface area (Å²) in [6, 6.07) is 4.01. The van der Waals surface area contributed by atoms with Crippen LogP contribution in [0, 0.1) is 5.82 Å². The van der Waals surface area contributed by atoms with E-state index < -0.39 is 5.82 Å². The fourth-order valence-electron chi connectivity index (χ4n) is 1.37. The normalized spacial score (nSPS) is 10.4. The van der Waals surface area contributed by atoms with Crippen LogP contribution in [0.4, 0.5) is 15.8 Å². The van der Waals surface area contributed by atoms with Gasteiger partial charge in [0.05, 0.1) is 11.4 Å². The Morgan fingerprint density at radius 2 is 2.37 bits per heavy atom. The van der Waals surface area contributed by atoms with E-state index in [0.717, 1.165) is 0 Å². The number of anilines is 2. The minimum atomic E-state index is -0.522. The lowest BCUT2D eigenvalue weighted by Gasteiger charge is -2.06. The molecule has 0 aliphatic heterocycles. The van der Waals surface area contributed by atoms with Gasteiger partial charge in [-0.2, -0.15) is 5.10 Å². The fraction of sp³-hybridized carbons (Fsp3) is 0.182. The van der Waals surface area contributed by atoms with Crippen molar-refractivity contribution in [3.05, 3.63) is 30.3 Å². The molecule has 1 amide bonds. The summed E-state index contributed by atoms with van der Waals surface area (Å²) in [7, 11) is 1.73. The van der Waals surface area contributed by atoms with Crippen molar-refractivity contribution in [3.63, 3.8) is 0 Å². The number of amides is 1. The van der Waals surface area contributed by atoms with Gasteiger partial charge in [0.1, 0.15) is 12.1 Å². The van der Waals surface area contributed by atoms with Crippen molar-refractivity contribution in [1.29, 1.82) is 0 Å². The van der Waals surface area contributed by atoms with Crippen molar-refractivity contribution in [2.75, 3.05) is 16.8 Å². The molecule has 0 fully saturated rings. The van der Waals surface area contributed by atoms with E-state index in [2.05, 4.69) is 15.4 Å². The van der Waals surface area contributed by atoms with Crippen LogP contribution in [0.3, 0.4) is 0 Å². The monoisotopic (exact) mass is 281 g/mol. The van der Waals surface area contributed by atoms with Crippen molar-refractivity contribution in [2.45, 2.75) is 5.16 Å². The molecule has 3 N–H and O–H groups in total. The number of nitrogens with one attached hydrogen (secondary N) is 1. The molecule has 0 unspecified atom stereocenters. The Balaban J connectivity index is 1.94. The number of hydrogen-bond acceptors (Lipinski definition) is 5. The molecular formula is C11H12FN5OS. The topological polar surface area (TPSA) is 85.8 Å². The van der Waals surface area contributed by atoms with E-state index in [1.807, 2.05) is 0 Å². The average molecular weight is 281 g/mol. The standard InChI is InChI=1S/C11H12FN5OS/c1-17-11(14-6-15-17)19-5-10(18)16-9-4-7(13)2-3-8(9)12/h2-4,6H,5,13H2,1H3,(H,16,18). The first kappa shape index (κ1) is 13.3. The van der Waals surface area contributed by atoms with Crippen molar-refractivity contribution in [3.8, 4) is 0 Å².